The smallest absolute Gasteiger partial charge is 0.252 e. The van der Waals surface area contributed by atoms with Gasteiger partial charge in [0.1, 0.15) is 6.61 Å². The number of aryl methyl sites for hydroxylation is 1. The lowest BCUT2D eigenvalue weighted by Crippen LogP contribution is -1.88. The maximum Gasteiger partial charge on any atom is 0.252 e. The normalized spacial score (nSPS) is 10.9. The standard InChI is InChI=1S/C16H22N2O2/c1-2-3-4-5-6-7-13-8-10-14(11-9-13)16-17-15(12-19)20-18-16/h8-11,19H,2-7,12H2,1H3. The summed E-state index contributed by atoms with van der Waals surface area (Å²) in [5.74, 6) is 0.781. The van der Waals surface area contributed by atoms with E-state index in [1.165, 1.54) is 37.7 Å². The molecule has 0 aliphatic rings. The monoisotopic (exact) mass is 274 g/mol. The van der Waals surface area contributed by atoms with Gasteiger partial charge >= 0.3 is 0 Å². The van der Waals surface area contributed by atoms with E-state index >= 15 is 0 Å². The molecule has 0 saturated heterocycles. The van der Waals surface area contributed by atoms with Crippen LogP contribution < -0.4 is 0 Å². The van der Waals surface area contributed by atoms with Crippen LogP contribution in [0.2, 0.25) is 0 Å². The van der Waals surface area contributed by atoms with Crippen LogP contribution in [-0.4, -0.2) is 15.2 Å². The number of aliphatic hydroxyl groups is 1. The summed E-state index contributed by atoms with van der Waals surface area (Å²) < 4.78 is 4.89. The average Bonchev–Trinajstić information content (AvgIpc) is 2.97. The largest absolute Gasteiger partial charge is 0.387 e. The SMILES string of the molecule is CCCCCCCc1ccc(-c2noc(CO)n2)cc1. The zero-order valence-corrected chi connectivity index (χ0v) is 12.0. The molecule has 1 N–H and O–H groups in total. The molecule has 0 atom stereocenters. The number of aliphatic hydroxyl groups excluding tert-OH is 1. The number of unbranched alkanes of at least 4 members (excludes halogenated alkanes) is 4. The van der Waals surface area contributed by atoms with Gasteiger partial charge in [-0.15, -0.1) is 0 Å². The summed E-state index contributed by atoms with van der Waals surface area (Å²) in [6.45, 7) is 2.02. The molecule has 20 heavy (non-hydrogen) atoms. The predicted molar refractivity (Wildman–Crippen MR) is 78.1 cm³/mol. The molecule has 0 saturated carbocycles. The molecular formula is C16H22N2O2. The Bertz CT molecular complexity index is 505. The minimum Gasteiger partial charge on any atom is -0.387 e. The first-order valence-electron chi connectivity index (χ1n) is 7.36. The highest BCUT2D eigenvalue weighted by Gasteiger charge is 2.07. The summed E-state index contributed by atoms with van der Waals surface area (Å²) in [5.41, 5.74) is 2.26. The number of rotatable bonds is 8. The Morgan fingerprint density at radius 1 is 1.05 bits per heavy atom. The molecule has 1 heterocycles. The van der Waals surface area contributed by atoms with Crippen LogP contribution in [0.25, 0.3) is 11.4 Å². The van der Waals surface area contributed by atoms with Crippen LogP contribution in [0, 0.1) is 0 Å². The van der Waals surface area contributed by atoms with Gasteiger partial charge in [0, 0.05) is 5.56 Å². The van der Waals surface area contributed by atoms with Crippen molar-refractivity contribution in [2.75, 3.05) is 0 Å². The van der Waals surface area contributed by atoms with E-state index in [4.69, 9.17) is 9.63 Å². The van der Waals surface area contributed by atoms with Gasteiger partial charge in [0.25, 0.3) is 5.89 Å². The minimum absolute atomic E-state index is 0.219. The quantitative estimate of drug-likeness (QED) is 0.745. The van der Waals surface area contributed by atoms with E-state index in [0.717, 1.165) is 12.0 Å². The summed E-state index contributed by atoms with van der Waals surface area (Å²) in [5, 5.41) is 12.7. The van der Waals surface area contributed by atoms with Gasteiger partial charge in [0.05, 0.1) is 0 Å². The Morgan fingerprint density at radius 2 is 1.80 bits per heavy atom. The number of nitrogens with zero attached hydrogens (tertiary/aromatic N) is 2. The highest BCUT2D eigenvalue weighted by atomic mass is 16.5. The van der Waals surface area contributed by atoms with Gasteiger partial charge in [0.15, 0.2) is 0 Å². The van der Waals surface area contributed by atoms with Crippen molar-refractivity contribution in [2.24, 2.45) is 0 Å². The lowest BCUT2D eigenvalue weighted by molar-refractivity contribution is 0.222. The Kier molecular flexibility index (Phi) is 5.74. The molecule has 0 radical (unpaired) electrons. The maximum absolute atomic E-state index is 8.90. The van der Waals surface area contributed by atoms with Crippen LogP contribution in [0.4, 0.5) is 0 Å². The lowest BCUT2D eigenvalue weighted by atomic mass is 10.0. The third-order valence-electron chi connectivity index (χ3n) is 3.38. The molecule has 0 spiro atoms. The third kappa shape index (κ3) is 4.17. The summed E-state index contributed by atoms with van der Waals surface area (Å²) in [6.07, 6.45) is 7.63. The molecule has 1 aromatic carbocycles. The second-order valence-corrected chi connectivity index (χ2v) is 5.03. The van der Waals surface area contributed by atoms with Crippen molar-refractivity contribution in [3.63, 3.8) is 0 Å². The van der Waals surface area contributed by atoms with Crippen molar-refractivity contribution < 1.29 is 9.63 Å². The van der Waals surface area contributed by atoms with Gasteiger partial charge in [-0.25, -0.2) is 0 Å². The molecule has 4 heteroatoms. The summed E-state index contributed by atoms with van der Waals surface area (Å²) in [4.78, 5) is 4.10. The molecule has 4 nitrogen and oxygen atoms in total. The van der Waals surface area contributed by atoms with E-state index < -0.39 is 0 Å². The van der Waals surface area contributed by atoms with E-state index in [9.17, 15) is 0 Å². The molecule has 0 aliphatic heterocycles. The van der Waals surface area contributed by atoms with Crippen molar-refractivity contribution >= 4 is 0 Å². The van der Waals surface area contributed by atoms with Crippen LogP contribution in [0.1, 0.15) is 50.5 Å². The zero-order valence-electron chi connectivity index (χ0n) is 12.0. The molecule has 0 aliphatic carbocycles. The predicted octanol–water partition coefficient (Wildman–Crippen LogP) is 3.74. The second kappa shape index (κ2) is 7.80. The first-order chi connectivity index (χ1) is 9.83. The highest BCUT2D eigenvalue weighted by Crippen LogP contribution is 2.18. The third-order valence-corrected chi connectivity index (χ3v) is 3.38. The summed E-state index contributed by atoms with van der Waals surface area (Å²) in [6, 6.07) is 8.25. The molecule has 0 unspecified atom stereocenters. The Balaban J connectivity index is 1.86. The van der Waals surface area contributed by atoms with Crippen molar-refractivity contribution in [1.82, 2.24) is 10.1 Å². The fourth-order valence-electron chi connectivity index (χ4n) is 2.19. The van der Waals surface area contributed by atoms with Crippen molar-refractivity contribution in [3.8, 4) is 11.4 Å². The minimum atomic E-state index is -0.219. The van der Waals surface area contributed by atoms with E-state index in [1.54, 1.807) is 0 Å². The molecule has 0 amide bonds. The number of benzene rings is 1. The fourth-order valence-corrected chi connectivity index (χ4v) is 2.19. The van der Waals surface area contributed by atoms with E-state index in [-0.39, 0.29) is 12.5 Å². The lowest BCUT2D eigenvalue weighted by Gasteiger charge is -2.02. The Morgan fingerprint density at radius 3 is 2.45 bits per heavy atom. The van der Waals surface area contributed by atoms with Gasteiger partial charge < -0.3 is 9.63 Å². The molecule has 0 bridgehead atoms. The summed E-state index contributed by atoms with van der Waals surface area (Å²) in [7, 11) is 0. The topological polar surface area (TPSA) is 59.2 Å². The van der Waals surface area contributed by atoms with Crippen LogP contribution in [-0.2, 0) is 13.0 Å². The van der Waals surface area contributed by atoms with Gasteiger partial charge in [-0.3, -0.25) is 0 Å². The molecule has 1 aromatic heterocycles. The van der Waals surface area contributed by atoms with Crippen LogP contribution in [0.5, 0.6) is 0 Å². The molecule has 2 aromatic rings. The molecule has 0 fully saturated rings. The zero-order chi connectivity index (χ0) is 14.2. The van der Waals surface area contributed by atoms with Gasteiger partial charge in [0.2, 0.25) is 5.82 Å². The fraction of sp³-hybridized carbons (Fsp3) is 0.500. The van der Waals surface area contributed by atoms with Crippen LogP contribution >= 0.6 is 0 Å². The van der Waals surface area contributed by atoms with Crippen molar-refractivity contribution in [1.29, 1.82) is 0 Å². The van der Waals surface area contributed by atoms with E-state index in [1.807, 2.05) is 12.1 Å². The van der Waals surface area contributed by atoms with Gasteiger partial charge in [-0.2, -0.15) is 4.98 Å². The maximum atomic E-state index is 8.90. The molecular weight excluding hydrogens is 252 g/mol. The van der Waals surface area contributed by atoms with Crippen LogP contribution in [0.3, 0.4) is 0 Å². The van der Waals surface area contributed by atoms with Crippen LogP contribution in [0.15, 0.2) is 28.8 Å². The Labute approximate surface area is 119 Å². The van der Waals surface area contributed by atoms with Crippen molar-refractivity contribution in [3.05, 3.63) is 35.7 Å². The Hall–Kier alpha value is -1.68. The number of hydrogen-bond donors (Lipinski definition) is 1. The highest BCUT2D eigenvalue weighted by molar-refractivity contribution is 5.54. The van der Waals surface area contributed by atoms with Gasteiger partial charge in [-0.05, 0) is 18.4 Å². The number of hydrogen-bond acceptors (Lipinski definition) is 4. The van der Waals surface area contributed by atoms with Crippen molar-refractivity contribution in [2.45, 2.75) is 52.1 Å². The van der Waals surface area contributed by atoms with Gasteiger partial charge in [-0.1, -0.05) is 62.0 Å². The van der Waals surface area contributed by atoms with E-state index in [2.05, 4.69) is 29.2 Å². The first kappa shape index (κ1) is 14.7. The molecule has 2 rings (SSSR count). The van der Waals surface area contributed by atoms with E-state index in [0.29, 0.717) is 5.82 Å². The molecule has 108 valence electrons. The second-order valence-electron chi connectivity index (χ2n) is 5.03. The first-order valence-corrected chi connectivity index (χ1v) is 7.36. The summed E-state index contributed by atoms with van der Waals surface area (Å²) >= 11 is 0. The number of aromatic nitrogens is 2. The average molecular weight is 274 g/mol.